The first-order chi connectivity index (χ1) is 7.93. The van der Waals surface area contributed by atoms with E-state index in [9.17, 15) is 4.79 Å². The molecule has 1 rings (SSSR count). The summed E-state index contributed by atoms with van der Waals surface area (Å²) in [5.41, 5.74) is 1.64. The van der Waals surface area contributed by atoms with Crippen molar-refractivity contribution in [1.29, 1.82) is 0 Å². The third-order valence-corrected chi connectivity index (χ3v) is 2.70. The summed E-state index contributed by atoms with van der Waals surface area (Å²) >= 11 is 0. The van der Waals surface area contributed by atoms with E-state index in [0.29, 0.717) is 6.04 Å². The second-order valence-corrected chi connectivity index (χ2v) is 4.85. The van der Waals surface area contributed by atoms with Gasteiger partial charge >= 0.3 is 0 Å². The van der Waals surface area contributed by atoms with Crippen molar-refractivity contribution >= 4 is 11.6 Å². The first-order valence-electron chi connectivity index (χ1n) is 6.06. The van der Waals surface area contributed by atoms with E-state index in [4.69, 9.17) is 0 Å². The largest absolute Gasteiger partial charge is 0.382 e. The number of amides is 1. The molecule has 0 radical (unpaired) electrons. The molecule has 1 aromatic rings. The molecule has 0 fully saturated rings. The van der Waals surface area contributed by atoms with Crippen molar-refractivity contribution in [3.05, 3.63) is 29.8 Å². The Bertz CT molecular complexity index is 386. The molecular weight excluding hydrogens is 212 g/mol. The van der Waals surface area contributed by atoms with Crippen LogP contribution in [0.2, 0.25) is 0 Å². The molecule has 0 bridgehead atoms. The number of hydrogen-bond acceptors (Lipinski definition) is 2. The molecule has 0 aliphatic heterocycles. The Morgan fingerprint density at radius 2 is 1.76 bits per heavy atom. The van der Waals surface area contributed by atoms with Crippen molar-refractivity contribution < 1.29 is 4.79 Å². The molecule has 0 spiro atoms. The Morgan fingerprint density at radius 3 is 2.29 bits per heavy atom. The summed E-state index contributed by atoms with van der Waals surface area (Å²) in [4.78, 5) is 14.0. The molecule has 1 amide bonds. The second kappa shape index (κ2) is 5.71. The molecule has 3 heteroatoms. The summed E-state index contributed by atoms with van der Waals surface area (Å²) in [7, 11) is 1.83. The molecule has 3 nitrogen and oxygen atoms in total. The van der Waals surface area contributed by atoms with Crippen LogP contribution in [0.5, 0.6) is 0 Å². The van der Waals surface area contributed by atoms with Crippen LogP contribution in [0.25, 0.3) is 0 Å². The molecule has 1 aromatic carbocycles. The molecule has 0 aromatic heterocycles. The van der Waals surface area contributed by atoms with Crippen molar-refractivity contribution in [3.63, 3.8) is 0 Å². The highest BCUT2D eigenvalue weighted by molar-refractivity contribution is 5.99. The zero-order valence-corrected chi connectivity index (χ0v) is 11.3. The lowest BCUT2D eigenvalue weighted by molar-refractivity contribution is 0.0756. The molecule has 0 saturated heterocycles. The van der Waals surface area contributed by atoms with E-state index in [1.54, 1.807) is 4.90 Å². The summed E-state index contributed by atoms with van der Waals surface area (Å²) in [5.74, 6) is 0.0590. The van der Waals surface area contributed by atoms with Gasteiger partial charge in [0.1, 0.15) is 0 Å². The number of nitrogens with one attached hydrogen (secondary N) is 1. The van der Waals surface area contributed by atoms with Gasteiger partial charge in [-0.25, -0.2) is 0 Å². The van der Waals surface area contributed by atoms with Gasteiger partial charge in [-0.05, 0) is 39.8 Å². The smallest absolute Gasteiger partial charge is 0.255 e. The van der Waals surface area contributed by atoms with Crippen LogP contribution in [0.3, 0.4) is 0 Å². The van der Waals surface area contributed by atoms with Gasteiger partial charge in [0.05, 0.1) is 5.56 Å². The lowest BCUT2D eigenvalue weighted by Crippen LogP contribution is -2.33. The fraction of sp³-hybridized carbons (Fsp3) is 0.500. The molecule has 0 unspecified atom stereocenters. The van der Waals surface area contributed by atoms with E-state index in [1.165, 1.54) is 0 Å². The second-order valence-electron chi connectivity index (χ2n) is 4.85. The Morgan fingerprint density at radius 1 is 1.18 bits per heavy atom. The lowest BCUT2D eigenvalue weighted by Gasteiger charge is -2.23. The molecule has 0 heterocycles. The molecule has 0 aliphatic carbocycles. The van der Waals surface area contributed by atoms with Gasteiger partial charge in [-0.3, -0.25) is 4.79 Å². The van der Waals surface area contributed by atoms with E-state index in [1.807, 2.05) is 45.2 Å². The van der Waals surface area contributed by atoms with Gasteiger partial charge in [0.25, 0.3) is 5.91 Å². The van der Waals surface area contributed by atoms with Crippen LogP contribution in [0.1, 0.15) is 38.1 Å². The maximum atomic E-state index is 12.3. The third kappa shape index (κ3) is 3.48. The maximum Gasteiger partial charge on any atom is 0.255 e. The third-order valence-electron chi connectivity index (χ3n) is 2.70. The van der Waals surface area contributed by atoms with Gasteiger partial charge < -0.3 is 10.2 Å². The minimum absolute atomic E-state index is 0.0590. The van der Waals surface area contributed by atoms with Gasteiger partial charge in [0.2, 0.25) is 0 Å². The average Bonchev–Trinajstić information content (AvgIpc) is 2.27. The summed E-state index contributed by atoms with van der Waals surface area (Å²) in [5, 5.41) is 3.30. The van der Waals surface area contributed by atoms with E-state index in [-0.39, 0.29) is 11.9 Å². The molecule has 0 saturated carbocycles. The number of benzene rings is 1. The zero-order chi connectivity index (χ0) is 13.0. The van der Waals surface area contributed by atoms with Crippen molar-refractivity contribution in [2.75, 3.05) is 12.4 Å². The Kier molecular flexibility index (Phi) is 4.55. The number of rotatable bonds is 4. The van der Waals surface area contributed by atoms with E-state index < -0.39 is 0 Å². The summed E-state index contributed by atoms with van der Waals surface area (Å²) in [6.07, 6.45) is 0. The van der Waals surface area contributed by atoms with Crippen LogP contribution in [0.4, 0.5) is 5.69 Å². The van der Waals surface area contributed by atoms with E-state index in [2.05, 4.69) is 19.2 Å². The number of anilines is 1. The SMILES string of the molecule is CC(C)Nc1ccccc1C(=O)N(C)C(C)C. The van der Waals surface area contributed by atoms with Crippen molar-refractivity contribution in [3.8, 4) is 0 Å². The minimum Gasteiger partial charge on any atom is -0.382 e. The summed E-state index contributed by atoms with van der Waals surface area (Å²) in [6, 6.07) is 8.17. The number of carbonyl (C=O) groups excluding carboxylic acids is 1. The quantitative estimate of drug-likeness (QED) is 0.868. The minimum atomic E-state index is 0.0590. The summed E-state index contributed by atoms with van der Waals surface area (Å²) in [6.45, 7) is 8.15. The molecule has 94 valence electrons. The number of nitrogens with zero attached hydrogens (tertiary/aromatic N) is 1. The first kappa shape index (κ1) is 13.6. The fourth-order valence-corrected chi connectivity index (χ4v) is 1.53. The van der Waals surface area contributed by atoms with Crippen LogP contribution in [-0.4, -0.2) is 29.9 Å². The Labute approximate surface area is 104 Å². The van der Waals surface area contributed by atoms with Crippen LogP contribution >= 0.6 is 0 Å². The van der Waals surface area contributed by atoms with Crippen molar-refractivity contribution in [2.45, 2.75) is 39.8 Å². The number of para-hydroxylation sites is 1. The van der Waals surface area contributed by atoms with Crippen LogP contribution in [0, 0.1) is 0 Å². The topological polar surface area (TPSA) is 32.3 Å². The normalized spacial score (nSPS) is 10.8. The highest BCUT2D eigenvalue weighted by Gasteiger charge is 2.17. The Balaban J connectivity index is 3.00. The predicted octanol–water partition coefficient (Wildman–Crippen LogP) is 2.99. The van der Waals surface area contributed by atoms with Crippen LogP contribution < -0.4 is 5.32 Å². The van der Waals surface area contributed by atoms with Gasteiger partial charge in [-0.2, -0.15) is 0 Å². The molecular formula is C14H22N2O. The lowest BCUT2D eigenvalue weighted by atomic mass is 10.1. The van der Waals surface area contributed by atoms with Gasteiger partial charge in [-0.1, -0.05) is 12.1 Å². The molecule has 1 N–H and O–H groups in total. The fourth-order valence-electron chi connectivity index (χ4n) is 1.53. The maximum absolute atomic E-state index is 12.3. The monoisotopic (exact) mass is 234 g/mol. The predicted molar refractivity (Wildman–Crippen MR) is 72.4 cm³/mol. The van der Waals surface area contributed by atoms with Gasteiger partial charge in [-0.15, -0.1) is 0 Å². The van der Waals surface area contributed by atoms with E-state index >= 15 is 0 Å². The highest BCUT2D eigenvalue weighted by Crippen LogP contribution is 2.18. The highest BCUT2D eigenvalue weighted by atomic mass is 16.2. The van der Waals surface area contributed by atoms with Crippen molar-refractivity contribution in [1.82, 2.24) is 4.90 Å². The molecule has 0 atom stereocenters. The van der Waals surface area contributed by atoms with Gasteiger partial charge in [0, 0.05) is 24.8 Å². The van der Waals surface area contributed by atoms with Crippen LogP contribution in [-0.2, 0) is 0 Å². The summed E-state index contributed by atoms with van der Waals surface area (Å²) < 4.78 is 0. The molecule has 0 aliphatic rings. The van der Waals surface area contributed by atoms with E-state index in [0.717, 1.165) is 11.3 Å². The number of hydrogen-bond donors (Lipinski definition) is 1. The standard InChI is InChI=1S/C14H22N2O/c1-10(2)15-13-9-7-6-8-12(13)14(17)16(5)11(3)4/h6-11,15H,1-5H3. The average molecular weight is 234 g/mol. The zero-order valence-electron chi connectivity index (χ0n) is 11.3. The number of carbonyl (C=O) groups is 1. The first-order valence-corrected chi connectivity index (χ1v) is 6.06. The molecule has 17 heavy (non-hydrogen) atoms. The van der Waals surface area contributed by atoms with Gasteiger partial charge in [0.15, 0.2) is 0 Å². The Hall–Kier alpha value is -1.51. The van der Waals surface area contributed by atoms with Crippen molar-refractivity contribution in [2.24, 2.45) is 0 Å². The van der Waals surface area contributed by atoms with Crippen LogP contribution in [0.15, 0.2) is 24.3 Å².